The maximum absolute atomic E-state index is 7.07. The number of thiol groups is 1. The second-order valence-electron chi connectivity index (χ2n) is 18.1. The maximum atomic E-state index is 7.07. The van der Waals surface area contributed by atoms with Crippen molar-refractivity contribution in [2.75, 3.05) is 29.6 Å². The summed E-state index contributed by atoms with van der Waals surface area (Å²) in [5, 5.41) is 0. The van der Waals surface area contributed by atoms with E-state index in [1.165, 1.54) is 284 Å². The summed E-state index contributed by atoms with van der Waals surface area (Å²) in [4.78, 5) is 0. The molecule has 0 saturated heterocycles. The Kier molecular flexibility index (Phi) is 47.5. The van der Waals surface area contributed by atoms with Crippen LogP contribution in [0.5, 0.6) is 0 Å². The van der Waals surface area contributed by atoms with Crippen LogP contribution in [-0.4, -0.2) is 34.0 Å². The fraction of sp³-hybridized carbons (Fsp3) is 0.980. The molecule has 0 radical (unpaired) electrons. The van der Waals surface area contributed by atoms with Crippen LogP contribution in [0, 0.1) is 0 Å². The fourth-order valence-corrected chi connectivity index (χ4v) is 16.4. The van der Waals surface area contributed by atoms with Crippen molar-refractivity contribution in [1.82, 2.24) is 0 Å². The van der Waals surface area contributed by atoms with E-state index in [1.807, 2.05) is 0 Å². The van der Waals surface area contributed by atoms with Crippen LogP contribution < -0.4 is 0 Å². The predicted octanol–water partition coefficient (Wildman–Crippen LogP) is 19.1. The van der Waals surface area contributed by atoms with E-state index in [0.717, 1.165) is 6.61 Å². The molecule has 0 bridgehead atoms. The first-order valence-electron chi connectivity index (χ1n) is 25.6. The monoisotopic (exact) mass is 897 g/mol. The molecule has 0 aromatic heterocycles. The first-order valence-corrected chi connectivity index (χ1v) is 28.8. The molecule has 0 saturated carbocycles. The largest absolute Gasteiger partial charge is 0.336 e. The summed E-state index contributed by atoms with van der Waals surface area (Å²) in [5.74, 6) is 5.69. The van der Waals surface area contributed by atoms with E-state index >= 15 is 0 Å². The molecular formula is C51H106MoOS2. The molecule has 0 aromatic rings. The van der Waals surface area contributed by atoms with Gasteiger partial charge in [0, 0.05) is 21.1 Å². The Balaban J connectivity index is 0. The molecule has 0 N–H and O–H groups in total. The first kappa shape index (κ1) is 58.3. The average Bonchev–Trinajstić information content (AvgIpc) is 3.18. The summed E-state index contributed by atoms with van der Waals surface area (Å²) in [5.41, 5.74) is 0. The minimum Gasteiger partial charge on any atom is -0.336 e. The van der Waals surface area contributed by atoms with Crippen LogP contribution in [0.25, 0.3) is 0 Å². The molecule has 0 aliphatic rings. The van der Waals surface area contributed by atoms with Gasteiger partial charge in [-0.15, -0.1) is 12.6 Å². The second-order valence-corrected chi connectivity index (χ2v) is 24.4. The van der Waals surface area contributed by atoms with Gasteiger partial charge in [-0.05, 0) is 55.1 Å². The third kappa shape index (κ3) is 33.6. The fourth-order valence-electron chi connectivity index (χ4n) is 8.98. The summed E-state index contributed by atoms with van der Waals surface area (Å²) >= 11 is 5.65. The Labute approximate surface area is 370 Å². The molecule has 55 heavy (non-hydrogen) atoms. The summed E-state index contributed by atoms with van der Waals surface area (Å²) in [7, 11) is -1.98. The molecule has 1 nitrogen and oxygen atoms in total. The van der Waals surface area contributed by atoms with E-state index in [0.29, 0.717) is 0 Å². The zero-order chi connectivity index (χ0) is 39.6. The van der Waals surface area contributed by atoms with Crippen LogP contribution in [0.15, 0.2) is 0 Å². The molecule has 4 heteroatoms. The van der Waals surface area contributed by atoms with Gasteiger partial charge in [0.05, 0.1) is 6.61 Å². The van der Waals surface area contributed by atoms with Crippen molar-refractivity contribution in [1.29, 1.82) is 0 Å². The smallest absolute Gasteiger partial charge is 0.116 e. The predicted molar refractivity (Wildman–Crippen MR) is 260 cm³/mol. The van der Waals surface area contributed by atoms with E-state index in [9.17, 15) is 0 Å². The standard InChI is InChI=1S/C51H106OS2.Mo/c1-6-11-16-21-26-31-36-41-46-52-51(53)54(47-42-37-32-27-22-17-12-7-2,48-43-38-33-28-23-18-13-8-3,49-44-39-34-29-24-19-14-9-4)50-45-40-35-30-25-20-15-10-5;/h53H,6-50H2,1-5H3;. The maximum Gasteiger partial charge on any atom is 0.116 e. The van der Waals surface area contributed by atoms with Crippen molar-refractivity contribution in [2.24, 2.45) is 0 Å². The van der Waals surface area contributed by atoms with Crippen molar-refractivity contribution in [3.05, 3.63) is 0 Å². The zero-order valence-electron chi connectivity index (χ0n) is 39.0. The number of hydrogen-bond acceptors (Lipinski definition) is 1. The average molecular weight is 895 g/mol. The van der Waals surface area contributed by atoms with E-state index < -0.39 is 8.75 Å². The van der Waals surface area contributed by atoms with E-state index in [1.54, 1.807) is 0 Å². The molecule has 0 aromatic carbocycles. The quantitative estimate of drug-likeness (QED) is 0.0277. The summed E-state index contributed by atoms with van der Waals surface area (Å²) in [6.45, 7) is 12.6. The number of rotatable bonds is 45. The molecule has 0 spiro atoms. The molecule has 0 aliphatic carbocycles. The van der Waals surface area contributed by atoms with Crippen molar-refractivity contribution in [3.8, 4) is 0 Å². The van der Waals surface area contributed by atoms with Crippen molar-refractivity contribution < 1.29 is 25.8 Å². The van der Waals surface area contributed by atoms with Crippen LogP contribution in [0.4, 0.5) is 0 Å². The van der Waals surface area contributed by atoms with Gasteiger partial charge in [0.2, 0.25) is 0 Å². The Morgan fingerprint density at radius 2 is 0.473 bits per heavy atom. The Bertz CT molecular complexity index is 709. The van der Waals surface area contributed by atoms with Crippen molar-refractivity contribution >= 4 is 25.8 Å². The Hall–Kier alpha value is 1.22. The molecule has 0 aliphatic heterocycles. The van der Waals surface area contributed by atoms with E-state index in [4.69, 9.17) is 17.4 Å². The van der Waals surface area contributed by atoms with Gasteiger partial charge < -0.3 is 4.74 Å². The molecule has 0 amide bonds. The molecule has 0 unspecified atom stereocenters. The van der Waals surface area contributed by atoms with E-state index in [-0.39, 0.29) is 21.1 Å². The van der Waals surface area contributed by atoms with Gasteiger partial charge in [-0.3, -0.25) is 0 Å². The SMILES string of the molecule is CCCCCCCCCCOC(S)=S(CCCCCCCCCC)(CCCCCCCCCC)(CCCCCCCCCC)CCCCCCCCCC.[Mo]. The summed E-state index contributed by atoms with van der Waals surface area (Å²) in [6, 6.07) is 0. The molecule has 0 heterocycles. The van der Waals surface area contributed by atoms with Crippen LogP contribution in [0.3, 0.4) is 0 Å². The second kappa shape index (κ2) is 44.8. The van der Waals surface area contributed by atoms with E-state index in [2.05, 4.69) is 34.6 Å². The minimum absolute atomic E-state index is 0. The minimum atomic E-state index is -1.98. The van der Waals surface area contributed by atoms with Gasteiger partial charge in [0.25, 0.3) is 0 Å². The van der Waals surface area contributed by atoms with Gasteiger partial charge in [-0.25, -0.2) is 8.75 Å². The molecule has 334 valence electrons. The van der Waals surface area contributed by atoms with Crippen LogP contribution >= 0.6 is 21.4 Å². The summed E-state index contributed by atoms with van der Waals surface area (Å²) < 4.78 is 8.37. The van der Waals surface area contributed by atoms with Gasteiger partial charge in [-0.2, -0.15) is 0 Å². The van der Waals surface area contributed by atoms with Gasteiger partial charge in [0.15, 0.2) is 0 Å². The number of unbranched alkanes of at least 4 members (excludes halogenated alkanes) is 35. The van der Waals surface area contributed by atoms with Crippen molar-refractivity contribution in [3.63, 3.8) is 0 Å². The number of ether oxygens (including phenoxy) is 1. The Morgan fingerprint density at radius 3 is 0.691 bits per heavy atom. The van der Waals surface area contributed by atoms with Crippen LogP contribution in [-0.2, 0) is 25.8 Å². The third-order valence-corrected chi connectivity index (χ3v) is 21.1. The van der Waals surface area contributed by atoms with Gasteiger partial charge in [-0.1, -0.05) is 259 Å². The van der Waals surface area contributed by atoms with Crippen molar-refractivity contribution in [2.45, 2.75) is 291 Å². The first-order chi connectivity index (χ1) is 26.5. The molecular weight excluding hydrogens is 789 g/mol. The van der Waals surface area contributed by atoms with Gasteiger partial charge in [0.1, 0.15) is 4.38 Å². The molecule has 0 rings (SSSR count). The Morgan fingerprint density at radius 1 is 0.291 bits per heavy atom. The van der Waals surface area contributed by atoms with Crippen LogP contribution in [0.1, 0.15) is 291 Å². The third-order valence-electron chi connectivity index (χ3n) is 12.8. The molecule has 0 fully saturated rings. The number of hydrogen-bond donors (Lipinski definition) is 1. The van der Waals surface area contributed by atoms with Crippen LogP contribution in [0.2, 0.25) is 0 Å². The molecule has 0 atom stereocenters. The zero-order valence-corrected chi connectivity index (χ0v) is 42.7. The van der Waals surface area contributed by atoms with Gasteiger partial charge >= 0.3 is 0 Å². The topological polar surface area (TPSA) is 9.23 Å². The summed E-state index contributed by atoms with van der Waals surface area (Å²) in [6.07, 6.45) is 56.3. The normalized spacial score (nSPS) is 12.5.